The Labute approximate surface area is 160 Å². The zero-order chi connectivity index (χ0) is 19.0. The summed E-state index contributed by atoms with van der Waals surface area (Å²) in [4.78, 5) is 9.25. The molecule has 4 aromatic rings. The highest BCUT2D eigenvalue weighted by Crippen LogP contribution is 2.36. The number of nitrogens with zero attached hydrogens (tertiary/aromatic N) is 3. The fourth-order valence-electron chi connectivity index (χ4n) is 3.08. The lowest BCUT2D eigenvalue weighted by Gasteiger charge is -2.13. The van der Waals surface area contributed by atoms with Gasteiger partial charge < -0.3 is 9.47 Å². The summed E-state index contributed by atoms with van der Waals surface area (Å²) in [6.07, 6.45) is 1.71. The van der Waals surface area contributed by atoms with Gasteiger partial charge in [-0.1, -0.05) is 11.6 Å². The van der Waals surface area contributed by atoms with Crippen molar-refractivity contribution in [2.75, 3.05) is 14.2 Å². The van der Waals surface area contributed by atoms with Crippen molar-refractivity contribution in [1.82, 2.24) is 9.97 Å². The third-order valence-corrected chi connectivity index (χ3v) is 4.63. The van der Waals surface area contributed by atoms with Crippen molar-refractivity contribution >= 4 is 33.4 Å². The molecule has 0 N–H and O–H groups in total. The Balaban J connectivity index is 2.10. The van der Waals surface area contributed by atoms with Crippen molar-refractivity contribution < 1.29 is 9.47 Å². The first-order chi connectivity index (χ1) is 13.1. The minimum absolute atomic E-state index is 0.428. The zero-order valence-electron chi connectivity index (χ0n) is 14.7. The number of aromatic nitrogens is 2. The van der Waals surface area contributed by atoms with Crippen LogP contribution in [0.1, 0.15) is 5.56 Å². The van der Waals surface area contributed by atoms with E-state index in [1.807, 2.05) is 18.2 Å². The van der Waals surface area contributed by atoms with E-state index in [-0.39, 0.29) is 0 Å². The number of halogens is 1. The molecule has 0 bridgehead atoms. The number of nitriles is 1. The number of hydrogen-bond acceptors (Lipinski definition) is 5. The van der Waals surface area contributed by atoms with Gasteiger partial charge in [0.25, 0.3) is 0 Å². The van der Waals surface area contributed by atoms with Crippen LogP contribution in [0.2, 0.25) is 5.02 Å². The van der Waals surface area contributed by atoms with Crippen molar-refractivity contribution in [3.8, 4) is 28.8 Å². The maximum absolute atomic E-state index is 9.68. The average Bonchev–Trinajstić information content (AvgIpc) is 2.72. The van der Waals surface area contributed by atoms with Crippen LogP contribution in [0.15, 0.2) is 48.7 Å². The molecule has 4 rings (SSSR count). The maximum Gasteiger partial charge on any atom is 0.128 e. The number of fused-ring (bicyclic) bond motifs is 3. The number of methoxy groups -OCH3 is 2. The summed E-state index contributed by atoms with van der Waals surface area (Å²) in [6, 6.07) is 14.9. The van der Waals surface area contributed by atoms with Crippen LogP contribution in [-0.2, 0) is 0 Å². The lowest BCUT2D eigenvalue weighted by atomic mass is 10.0. The molecule has 132 valence electrons. The van der Waals surface area contributed by atoms with Gasteiger partial charge in [-0.25, -0.2) is 4.98 Å². The van der Waals surface area contributed by atoms with Crippen LogP contribution in [0, 0.1) is 11.3 Å². The second-order valence-electron chi connectivity index (χ2n) is 5.92. The van der Waals surface area contributed by atoms with E-state index in [4.69, 9.17) is 26.1 Å². The fourth-order valence-corrected chi connectivity index (χ4v) is 3.25. The summed E-state index contributed by atoms with van der Waals surface area (Å²) in [6.45, 7) is 0. The molecule has 0 unspecified atom stereocenters. The minimum atomic E-state index is 0.428. The Kier molecular flexibility index (Phi) is 4.27. The molecule has 0 aliphatic carbocycles. The third-order valence-electron chi connectivity index (χ3n) is 4.39. The van der Waals surface area contributed by atoms with E-state index in [9.17, 15) is 5.26 Å². The van der Waals surface area contributed by atoms with Crippen molar-refractivity contribution in [1.29, 1.82) is 5.26 Å². The van der Waals surface area contributed by atoms with Gasteiger partial charge in [-0.2, -0.15) is 5.26 Å². The Morgan fingerprint density at radius 2 is 1.89 bits per heavy atom. The number of benzene rings is 2. The second kappa shape index (κ2) is 6.75. The maximum atomic E-state index is 9.68. The zero-order valence-corrected chi connectivity index (χ0v) is 15.4. The Bertz CT molecular complexity index is 1230. The van der Waals surface area contributed by atoms with Crippen molar-refractivity contribution in [2.24, 2.45) is 0 Å². The van der Waals surface area contributed by atoms with Gasteiger partial charge in [-0.05, 0) is 42.5 Å². The number of rotatable bonds is 3. The molecule has 0 radical (unpaired) electrons. The van der Waals surface area contributed by atoms with Crippen LogP contribution < -0.4 is 9.47 Å². The standard InChI is InChI=1S/C21H14ClN3O2/c1-26-15-4-6-19(27-2)17(9-15)20-12(10-23)7-13-11-24-18-5-3-14(22)8-16(18)21(13)25-20/h3-9,11H,1-2H3. The number of hydrogen-bond donors (Lipinski definition) is 0. The summed E-state index contributed by atoms with van der Waals surface area (Å²) in [5.74, 6) is 1.26. The molecule has 2 aromatic carbocycles. The van der Waals surface area contributed by atoms with Crippen LogP contribution >= 0.6 is 11.6 Å². The van der Waals surface area contributed by atoms with E-state index in [0.29, 0.717) is 33.3 Å². The molecule has 0 aliphatic rings. The number of pyridine rings is 2. The van der Waals surface area contributed by atoms with Crippen LogP contribution in [0.25, 0.3) is 33.1 Å². The molecule has 0 saturated heterocycles. The quantitative estimate of drug-likeness (QED) is 0.472. The molecule has 0 spiro atoms. The van der Waals surface area contributed by atoms with E-state index >= 15 is 0 Å². The first kappa shape index (κ1) is 17.1. The molecule has 27 heavy (non-hydrogen) atoms. The average molecular weight is 376 g/mol. The molecule has 0 fully saturated rings. The monoisotopic (exact) mass is 375 g/mol. The summed E-state index contributed by atoms with van der Waals surface area (Å²) >= 11 is 6.18. The van der Waals surface area contributed by atoms with Crippen LogP contribution in [0.3, 0.4) is 0 Å². The summed E-state index contributed by atoms with van der Waals surface area (Å²) < 4.78 is 10.8. The molecule has 2 heterocycles. The normalized spacial score (nSPS) is 10.7. The van der Waals surface area contributed by atoms with E-state index in [1.165, 1.54) is 0 Å². The summed E-state index contributed by atoms with van der Waals surface area (Å²) in [5, 5.41) is 11.9. The molecule has 5 nitrogen and oxygen atoms in total. The lowest BCUT2D eigenvalue weighted by molar-refractivity contribution is 0.404. The first-order valence-corrected chi connectivity index (χ1v) is 8.54. The van der Waals surface area contributed by atoms with Gasteiger partial charge in [0.1, 0.15) is 17.6 Å². The van der Waals surface area contributed by atoms with Crippen molar-refractivity contribution in [3.05, 3.63) is 59.2 Å². The van der Waals surface area contributed by atoms with E-state index < -0.39 is 0 Å². The fraction of sp³-hybridized carbons (Fsp3) is 0.0952. The van der Waals surface area contributed by atoms with Gasteiger partial charge >= 0.3 is 0 Å². The molecule has 0 atom stereocenters. The summed E-state index contributed by atoms with van der Waals surface area (Å²) in [5.41, 5.74) is 3.14. The topological polar surface area (TPSA) is 68.0 Å². The second-order valence-corrected chi connectivity index (χ2v) is 6.36. The highest BCUT2D eigenvalue weighted by molar-refractivity contribution is 6.31. The smallest absolute Gasteiger partial charge is 0.128 e. The van der Waals surface area contributed by atoms with Crippen LogP contribution in [0.5, 0.6) is 11.5 Å². The molecule has 0 aliphatic heterocycles. The van der Waals surface area contributed by atoms with Crippen molar-refractivity contribution in [3.63, 3.8) is 0 Å². The Hall–Kier alpha value is -3.36. The molecule has 2 aromatic heterocycles. The van der Waals surface area contributed by atoms with Crippen LogP contribution in [-0.4, -0.2) is 24.2 Å². The highest BCUT2D eigenvalue weighted by atomic mass is 35.5. The number of ether oxygens (including phenoxy) is 2. The largest absolute Gasteiger partial charge is 0.497 e. The van der Waals surface area contributed by atoms with Gasteiger partial charge in [-0.3, -0.25) is 4.98 Å². The van der Waals surface area contributed by atoms with E-state index in [0.717, 1.165) is 21.8 Å². The molecule has 6 heteroatoms. The SMILES string of the molecule is COc1ccc(OC)c(-c2nc3c(cnc4ccc(Cl)cc43)cc2C#N)c1. The van der Waals surface area contributed by atoms with E-state index in [1.54, 1.807) is 44.7 Å². The third kappa shape index (κ3) is 2.90. The van der Waals surface area contributed by atoms with Crippen molar-refractivity contribution in [2.45, 2.75) is 0 Å². The van der Waals surface area contributed by atoms with Gasteiger partial charge in [0.2, 0.25) is 0 Å². The molecule has 0 saturated carbocycles. The molecule has 0 amide bonds. The predicted octanol–water partition coefficient (Wildman–Crippen LogP) is 4.99. The highest BCUT2D eigenvalue weighted by Gasteiger charge is 2.16. The van der Waals surface area contributed by atoms with Crippen LogP contribution in [0.4, 0.5) is 0 Å². The van der Waals surface area contributed by atoms with Gasteiger partial charge in [0, 0.05) is 27.6 Å². The Morgan fingerprint density at radius 3 is 2.63 bits per heavy atom. The minimum Gasteiger partial charge on any atom is -0.497 e. The lowest BCUT2D eigenvalue weighted by Crippen LogP contribution is -1.96. The predicted molar refractivity (Wildman–Crippen MR) is 105 cm³/mol. The van der Waals surface area contributed by atoms with Gasteiger partial charge in [0.05, 0.1) is 36.5 Å². The molecular formula is C21H14ClN3O2. The Morgan fingerprint density at radius 1 is 1.04 bits per heavy atom. The molecular weight excluding hydrogens is 362 g/mol. The van der Waals surface area contributed by atoms with Gasteiger partial charge in [0.15, 0.2) is 0 Å². The summed E-state index contributed by atoms with van der Waals surface area (Å²) in [7, 11) is 3.17. The van der Waals surface area contributed by atoms with E-state index in [2.05, 4.69) is 11.1 Å². The first-order valence-electron chi connectivity index (χ1n) is 8.16. The van der Waals surface area contributed by atoms with Gasteiger partial charge in [-0.15, -0.1) is 0 Å².